The zero-order valence-corrected chi connectivity index (χ0v) is 17.4. The van der Waals surface area contributed by atoms with Crippen molar-refractivity contribution in [3.05, 3.63) is 68.8 Å². The van der Waals surface area contributed by atoms with Gasteiger partial charge < -0.3 is 4.90 Å². The largest absolute Gasteiger partial charge is 0.336 e. The maximum Gasteiger partial charge on any atom is 0.285 e. The lowest BCUT2D eigenvalue weighted by Gasteiger charge is -2.34. The fourth-order valence-electron chi connectivity index (χ4n) is 3.60. The van der Waals surface area contributed by atoms with Crippen LogP contribution in [0.3, 0.4) is 0 Å². The van der Waals surface area contributed by atoms with Gasteiger partial charge >= 0.3 is 0 Å². The SMILES string of the molecule is Cc1ccc(S(=O)(=O)N2CCN(C(=O)c3cccc(C)c3[N+](=O)[O-])CC2)c(C)c1. The molecule has 0 N–H and O–H groups in total. The summed E-state index contributed by atoms with van der Waals surface area (Å²) in [6, 6.07) is 9.82. The monoisotopic (exact) mass is 417 g/mol. The second-order valence-corrected chi connectivity index (χ2v) is 9.10. The molecule has 29 heavy (non-hydrogen) atoms. The number of piperazine rings is 1. The van der Waals surface area contributed by atoms with Crippen molar-refractivity contribution in [1.82, 2.24) is 9.21 Å². The van der Waals surface area contributed by atoms with Crippen molar-refractivity contribution in [1.29, 1.82) is 0 Å². The lowest BCUT2D eigenvalue weighted by Crippen LogP contribution is -2.50. The lowest BCUT2D eigenvalue weighted by molar-refractivity contribution is -0.385. The molecule has 9 heteroatoms. The van der Waals surface area contributed by atoms with Crippen LogP contribution in [0, 0.1) is 30.9 Å². The van der Waals surface area contributed by atoms with Crippen LogP contribution in [0.15, 0.2) is 41.3 Å². The Bertz CT molecular complexity index is 1070. The van der Waals surface area contributed by atoms with Crippen molar-refractivity contribution in [3.8, 4) is 0 Å². The van der Waals surface area contributed by atoms with Gasteiger partial charge in [0, 0.05) is 31.7 Å². The minimum Gasteiger partial charge on any atom is -0.336 e. The summed E-state index contributed by atoms with van der Waals surface area (Å²) in [5.41, 5.74) is 1.90. The fourth-order valence-corrected chi connectivity index (χ4v) is 5.23. The molecule has 0 saturated carbocycles. The number of benzene rings is 2. The molecule has 1 fully saturated rings. The number of nitro groups is 1. The highest BCUT2D eigenvalue weighted by molar-refractivity contribution is 7.89. The van der Waals surface area contributed by atoms with Crippen molar-refractivity contribution >= 4 is 21.6 Å². The van der Waals surface area contributed by atoms with Gasteiger partial charge in [-0.15, -0.1) is 0 Å². The summed E-state index contributed by atoms with van der Waals surface area (Å²) >= 11 is 0. The van der Waals surface area contributed by atoms with E-state index in [9.17, 15) is 23.3 Å². The molecule has 0 bridgehead atoms. The van der Waals surface area contributed by atoms with E-state index in [4.69, 9.17) is 0 Å². The Hall–Kier alpha value is -2.78. The molecule has 0 unspecified atom stereocenters. The zero-order valence-electron chi connectivity index (χ0n) is 16.6. The molecule has 3 rings (SSSR count). The van der Waals surface area contributed by atoms with Crippen LogP contribution in [0.5, 0.6) is 0 Å². The normalized spacial score (nSPS) is 15.3. The Morgan fingerprint density at radius 1 is 1.00 bits per heavy atom. The summed E-state index contributed by atoms with van der Waals surface area (Å²) < 4.78 is 27.3. The molecule has 8 nitrogen and oxygen atoms in total. The third kappa shape index (κ3) is 4.01. The van der Waals surface area contributed by atoms with Gasteiger partial charge in [0.1, 0.15) is 5.56 Å². The lowest BCUT2D eigenvalue weighted by atomic mass is 10.1. The van der Waals surface area contributed by atoms with Gasteiger partial charge in [-0.25, -0.2) is 8.42 Å². The van der Waals surface area contributed by atoms with Crippen LogP contribution in [0.25, 0.3) is 0 Å². The molecule has 0 spiro atoms. The highest BCUT2D eigenvalue weighted by atomic mass is 32.2. The van der Waals surface area contributed by atoms with Crippen LogP contribution < -0.4 is 0 Å². The quantitative estimate of drug-likeness (QED) is 0.562. The van der Waals surface area contributed by atoms with E-state index in [1.165, 1.54) is 15.3 Å². The third-order valence-corrected chi connectivity index (χ3v) is 7.18. The summed E-state index contributed by atoms with van der Waals surface area (Å²) in [5, 5.41) is 11.4. The highest BCUT2D eigenvalue weighted by Gasteiger charge is 2.33. The molecule has 1 heterocycles. The summed E-state index contributed by atoms with van der Waals surface area (Å²) in [4.78, 5) is 25.4. The molecule has 2 aromatic carbocycles. The summed E-state index contributed by atoms with van der Waals surface area (Å²) in [7, 11) is -3.66. The molecule has 0 radical (unpaired) electrons. The third-order valence-electron chi connectivity index (χ3n) is 5.12. The van der Waals surface area contributed by atoms with Gasteiger partial charge in [-0.3, -0.25) is 14.9 Å². The Labute approximate surface area is 169 Å². The van der Waals surface area contributed by atoms with Crippen molar-refractivity contribution in [2.75, 3.05) is 26.2 Å². The van der Waals surface area contributed by atoms with Crippen LogP contribution in [0.4, 0.5) is 5.69 Å². The maximum absolute atomic E-state index is 13.0. The van der Waals surface area contributed by atoms with Crippen LogP contribution in [0.2, 0.25) is 0 Å². The van der Waals surface area contributed by atoms with Crippen molar-refractivity contribution in [2.24, 2.45) is 0 Å². The smallest absolute Gasteiger partial charge is 0.285 e. The second kappa shape index (κ2) is 7.92. The summed E-state index contributed by atoms with van der Waals surface area (Å²) in [6.07, 6.45) is 0. The molecule has 1 amide bonds. The molecule has 0 atom stereocenters. The van der Waals surface area contributed by atoms with E-state index in [1.807, 2.05) is 13.0 Å². The number of para-hydroxylation sites is 1. The van der Waals surface area contributed by atoms with Gasteiger partial charge in [0.15, 0.2) is 0 Å². The first kappa shape index (κ1) is 20.9. The van der Waals surface area contributed by atoms with Crippen molar-refractivity contribution < 1.29 is 18.1 Å². The average molecular weight is 417 g/mol. The van der Waals surface area contributed by atoms with Gasteiger partial charge in [0.05, 0.1) is 9.82 Å². The Morgan fingerprint density at radius 3 is 2.24 bits per heavy atom. The molecular formula is C20H23N3O5S. The van der Waals surface area contributed by atoms with E-state index < -0.39 is 20.9 Å². The van der Waals surface area contributed by atoms with Crippen LogP contribution >= 0.6 is 0 Å². The van der Waals surface area contributed by atoms with E-state index in [0.717, 1.165) is 5.56 Å². The number of hydrogen-bond acceptors (Lipinski definition) is 5. The van der Waals surface area contributed by atoms with E-state index in [2.05, 4.69) is 0 Å². The minimum absolute atomic E-state index is 0.0284. The number of rotatable bonds is 4. The molecule has 1 saturated heterocycles. The number of carbonyl (C=O) groups is 1. The number of sulfonamides is 1. The first-order valence-corrected chi connectivity index (χ1v) is 10.7. The van der Waals surface area contributed by atoms with Gasteiger partial charge in [-0.05, 0) is 38.5 Å². The highest BCUT2D eigenvalue weighted by Crippen LogP contribution is 2.26. The van der Waals surface area contributed by atoms with Gasteiger partial charge in [-0.2, -0.15) is 4.31 Å². The second-order valence-electron chi connectivity index (χ2n) is 7.19. The Balaban J connectivity index is 1.78. The molecule has 0 aromatic heterocycles. The molecule has 0 aliphatic carbocycles. The van der Waals surface area contributed by atoms with Crippen molar-refractivity contribution in [3.63, 3.8) is 0 Å². The number of hydrogen-bond donors (Lipinski definition) is 0. The molecule has 1 aliphatic heterocycles. The number of nitrogens with zero attached hydrogens (tertiary/aromatic N) is 3. The molecule has 154 valence electrons. The predicted molar refractivity (Wildman–Crippen MR) is 108 cm³/mol. The number of carbonyl (C=O) groups excluding carboxylic acids is 1. The molecular weight excluding hydrogens is 394 g/mol. The van der Waals surface area contributed by atoms with Gasteiger partial charge in [0.2, 0.25) is 10.0 Å². The first-order chi connectivity index (χ1) is 13.6. The zero-order chi connectivity index (χ0) is 21.3. The topological polar surface area (TPSA) is 101 Å². The van der Waals surface area contributed by atoms with E-state index in [0.29, 0.717) is 11.1 Å². The fraction of sp³-hybridized carbons (Fsp3) is 0.350. The number of amides is 1. The summed E-state index contributed by atoms with van der Waals surface area (Å²) in [6.45, 7) is 5.88. The van der Waals surface area contributed by atoms with Gasteiger partial charge in [0.25, 0.3) is 11.6 Å². The number of nitro benzene ring substituents is 1. The van der Waals surface area contributed by atoms with Crippen LogP contribution in [-0.2, 0) is 10.0 Å². The average Bonchev–Trinajstić information content (AvgIpc) is 2.66. The van der Waals surface area contributed by atoms with Crippen LogP contribution in [-0.4, -0.2) is 54.6 Å². The maximum atomic E-state index is 13.0. The Morgan fingerprint density at radius 2 is 1.66 bits per heavy atom. The van der Waals surface area contributed by atoms with Crippen molar-refractivity contribution in [2.45, 2.75) is 25.7 Å². The summed E-state index contributed by atoms with van der Waals surface area (Å²) in [5.74, 6) is -0.455. The van der Waals surface area contributed by atoms with E-state index >= 15 is 0 Å². The predicted octanol–water partition coefficient (Wildman–Crippen LogP) is 2.67. The minimum atomic E-state index is -3.66. The molecule has 1 aliphatic rings. The van der Waals surface area contributed by atoms with Crippen LogP contribution in [0.1, 0.15) is 27.0 Å². The van der Waals surface area contributed by atoms with E-state index in [-0.39, 0.29) is 42.3 Å². The number of aryl methyl sites for hydroxylation is 3. The molecule has 2 aromatic rings. The standard InChI is InChI=1S/C20H23N3O5S/c1-14-7-8-18(16(3)13-14)29(27,28)22-11-9-21(10-12-22)20(24)17-6-4-5-15(2)19(17)23(25)26/h4-8,13H,9-12H2,1-3H3. The van der Waals surface area contributed by atoms with Gasteiger partial charge in [-0.1, -0.05) is 29.8 Å². The first-order valence-electron chi connectivity index (χ1n) is 9.23. The Kier molecular flexibility index (Phi) is 5.72. The van der Waals surface area contributed by atoms with E-state index in [1.54, 1.807) is 38.1 Å².